The molecule has 3 heterocycles. The molecule has 2 aromatic heterocycles. The van der Waals surface area contributed by atoms with Crippen LogP contribution in [0.15, 0.2) is 33.9 Å². The molecule has 8 nitrogen and oxygen atoms in total. The Kier molecular flexibility index (Phi) is 4.76. The zero-order valence-corrected chi connectivity index (χ0v) is 16.6. The van der Waals surface area contributed by atoms with Gasteiger partial charge in [0, 0.05) is 44.0 Å². The molecule has 0 saturated heterocycles. The topological polar surface area (TPSA) is 85.3 Å². The lowest BCUT2D eigenvalue weighted by atomic mass is 10.1. The van der Waals surface area contributed by atoms with Crippen molar-refractivity contribution in [2.75, 3.05) is 18.1 Å². The Hall–Kier alpha value is -2.58. The molecule has 0 unspecified atom stereocenters. The number of rotatable bonds is 4. The molecule has 1 aromatic carbocycles. The molecule has 148 valence electrons. The Morgan fingerprint density at radius 3 is 2.61 bits per heavy atom. The van der Waals surface area contributed by atoms with Gasteiger partial charge in [0.1, 0.15) is 0 Å². The van der Waals surface area contributed by atoms with E-state index in [4.69, 9.17) is 16.7 Å². The molecule has 1 N–H and O–H groups in total. The van der Waals surface area contributed by atoms with Crippen molar-refractivity contribution in [1.82, 2.24) is 18.7 Å². The van der Waals surface area contributed by atoms with Crippen molar-refractivity contribution in [3.63, 3.8) is 0 Å². The fraction of sp³-hybridized carbons (Fsp3) is 0.421. The van der Waals surface area contributed by atoms with Crippen LogP contribution in [-0.2, 0) is 20.1 Å². The number of aryl methyl sites for hydroxylation is 1. The molecular weight excluding hydrogens is 382 g/mol. The van der Waals surface area contributed by atoms with Crippen molar-refractivity contribution in [3.05, 3.63) is 50.1 Å². The van der Waals surface area contributed by atoms with Gasteiger partial charge in [0.25, 0.3) is 5.56 Å². The van der Waals surface area contributed by atoms with Gasteiger partial charge in [-0.3, -0.25) is 13.9 Å². The summed E-state index contributed by atoms with van der Waals surface area (Å²) in [5.74, 6) is 0.922. The number of fused-ring (bicyclic) bond motifs is 3. The first-order valence-corrected chi connectivity index (χ1v) is 9.64. The molecule has 0 bridgehead atoms. The molecule has 0 aliphatic carbocycles. The highest BCUT2D eigenvalue weighted by molar-refractivity contribution is 6.30. The van der Waals surface area contributed by atoms with Crippen LogP contribution in [0.2, 0.25) is 5.02 Å². The van der Waals surface area contributed by atoms with Crippen LogP contribution in [0.3, 0.4) is 0 Å². The normalized spacial score (nSPS) is 16.6. The lowest BCUT2D eigenvalue weighted by molar-refractivity contribution is 0.277. The van der Waals surface area contributed by atoms with Crippen molar-refractivity contribution in [2.45, 2.75) is 26.4 Å². The molecule has 0 saturated carbocycles. The van der Waals surface area contributed by atoms with Crippen molar-refractivity contribution < 1.29 is 5.11 Å². The predicted molar refractivity (Wildman–Crippen MR) is 109 cm³/mol. The van der Waals surface area contributed by atoms with E-state index >= 15 is 0 Å². The maximum atomic E-state index is 13.1. The summed E-state index contributed by atoms with van der Waals surface area (Å²) in [6.07, 6.45) is 0.342. The van der Waals surface area contributed by atoms with E-state index < -0.39 is 5.69 Å². The summed E-state index contributed by atoms with van der Waals surface area (Å²) < 4.78 is 4.48. The van der Waals surface area contributed by atoms with Crippen LogP contribution in [0, 0.1) is 5.92 Å². The van der Waals surface area contributed by atoms with Crippen LogP contribution in [0.5, 0.6) is 0 Å². The molecule has 4 rings (SSSR count). The molecule has 0 radical (unpaired) electrons. The zero-order valence-electron chi connectivity index (χ0n) is 15.8. The van der Waals surface area contributed by atoms with Crippen molar-refractivity contribution in [3.8, 4) is 0 Å². The molecule has 0 fully saturated rings. The third kappa shape index (κ3) is 2.93. The third-order valence-electron chi connectivity index (χ3n) is 5.12. The molecule has 1 aliphatic rings. The molecule has 28 heavy (non-hydrogen) atoms. The summed E-state index contributed by atoms with van der Waals surface area (Å²) in [4.78, 5) is 32.5. The molecule has 0 amide bonds. The van der Waals surface area contributed by atoms with E-state index in [1.165, 1.54) is 9.13 Å². The number of imidazole rings is 1. The first-order chi connectivity index (χ1) is 13.4. The highest BCUT2D eigenvalue weighted by Crippen LogP contribution is 2.33. The zero-order chi connectivity index (χ0) is 20.0. The summed E-state index contributed by atoms with van der Waals surface area (Å²) >= 11 is 6.02. The van der Waals surface area contributed by atoms with E-state index in [1.807, 2.05) is 33.7 Å². The largest absolute Gasteiger partial charge is 0.396 e. The van der Waals surface area contributed by atoms with Gasteiger partial charge in [0.15, 0.2) is 11.2 Å². The monoisotopic (exact) mass is 403 g/mol. The second-order valence-corrected chi connectivity index (χ2v) is 7.70. The lowest BCUT2D eigenvalue weighted by Gasteiger charge is -2.33. The Labute approximate surface area is 166 Å². The molecule has 1 atom stereocenters. The van der Waals surface area contributed by atoms with Gasteiger partial charge in [-0.25, -0.2) is 4.79 Å². The lowest BCUT2D eigenvalue weighted by Crippen LogP contribution is -2.40. The Balaban J connectivity index is 1.96. The maximum Gasteiger partial charge on any atom is 0.332 e. The number of anilines is 2. The van der Waals surface area contributed by atoms with E-state index in [0.29, 0.717) is 35.1 Å². The number of hydrogen-bond acceptors (Lipinski definition) is 5. The smallest absolute Gasteiger partial charge is 0.332 e. The van der Waals surface area contributed by atoms with Crippen LogP contribution in [0.4, 0.5) is 11.6 Å². The molecular formula is C19H22ClN5O3. The average Bonchev–Trinajstić information content (AvgIpc) is 3.06. The number of nitrogens with zero attached hydrogens (tertiary/aromatic N) is 5. The predicted octanol–water partition coefficient (Wildman–Crippen LogP) is 1.72. The third-order valence-corrected chi connectivity index (χ3v) is 5.37. The summed E-state index contributed by atoms with van der Waals surface area (Å²) in [5, 5.41) is 9.75. The quantitative estimate of drug-likeness (QED) is 0.717. The minimum absolute atomic E-state index is 0.0838. The molecule has 3 aromatic rings. The van der Waals surface area contributed by atoms with Crippen LogP contribution in [0.25, 0.3) is 11.2 Å². The van der Waals surface area contributed by atoms with Crippen molar-refractivity contribution >= 4 is 34.4 Å². The first kappa shape index (κ1) is 18.8. The van der Waals surface area contributed by atoms with Crippen LogP contribution in [-0.4, -0.2) is 36.9 Å². The number of hydrogen-bond donors (Lipinski definition) is 1. The Morgan fingerprint density at radius 2 is 1.93 bits per heavy atom. The van der Waals surface area contributed by atoms with Crippen molar-refractivity contribution in [2.24, 2.45) is 13.0 Å². The fourth-order valence-electron chi connectivity index (χ4n) is 3.77. The Morgan fingerprint density at radius 1 is 1.21 bits per heavy atom. The van der Waals surface area contributed by atoms with Gasteiger partial charge in [-0.1, -0.05) is 18.5 Å². The Bertz CT molecular complexity index is 1150. The highest BCUT2D eigenvalue weighted by atomic mass is 35.5. The average molecular weight is 404 g/mol. The SMILES string of the molecule is C[C@H]1CN(c2ccc(Cl)cc2)c2nc3c(c(=O)n(CCCO)c(=O)n3C)n2C1. The summed E-state index contributed by atoms with van der Waals surface area (Å²) in [6, 6.07) is 7.48. The summed E-state index contributed by atoms with van der Waals surface area (Å²) in [7, 11) is 1.62. The number of benzene rings is 1. The minimum Gasteiger partial charge on any atom is -0.396 e. The van der Waals surface area contributed by atoms with Gasteiger partial charge >= 0.3 is 5.69 Å². The molecule has 9 heteroatoms. The standard InChI is InChI=1S/C19H22ClN5O3/c1-12-10-24(14-6-4-13(20)5-7-14)18-21-16-15(25(18)11-12)17(27)23(8-3-9-26)19(28)22(16)2/h4-7,12,26H,3,8-11H2,1-2H3/t12-/m0/s1. The molecule has 0 spiro atoms. The number of aliphatic hydroxyl groups excluding tert-OH is 1. The van der Waals surface area contributed by atoms with Gasteiger partial charge in [-0.05, 0) is 36.6 Å². The van der Waals surface area contributed by atoms with Crippen LogP contribution in [0.1, 0.15) is 13.3 Å². The van der Waals surface area contributed by atoms with Gasteiger partial charge in [0.05, 0.1) is 0 Å². The van der Waals surface area contributed by atoms with Crippen molar-refractivity contribution in [1.29, 1.82) is 0 Å². The van der Waals surface area contributed by atoms with Gasteiger partial charge in [-0.2, -0.15) is 4.98 Å². The maximum absolute atomic E-state index is 13.1. The van der Waals surface area contributed by atoms with Crippen LogP contribution < -0.4 is 16.1 Å². The van der Waals surface area contributed by atoms with E-state index in [1.54, 1.807) is 7.05 Å². The minimum atomic E-state index is -0.424. The second-order valence-electron chi connectivity index (χ2n) is 7.26. The highest BCUT2D eigenvalue weighted by Gasteiger charge is 2.29. The first-order valence-electron chi connectivity index (χ1n) is 9.26. The van der Waals surface area contributed by atoms with E-state index in [0.717, 1.165) is 12.2 Å². The van der Waals surface area contributed by atoms with E-state index in [2.05, 4.69) is 11.9 Å². The van der Waals surface area contributed by atoms with E-state index in [9.17, 15) is 9.59 Å². The second kappa shape index (κ2) is 7.10. The van der Waals surface area contributed by atoms with Crippen LogP contribution >= 0.6 is 11.6 Å². The van der Waals surface area contributed by atoms with Gasteiger partial charge in [-0.15, -0.1) is 0 Å². The number of halogens is 1. The summed E-state index contributed by atoms with van der Waals surface area (Å²) in [6.45, 7) is 3.60. The van der Waals surface area contributed by atoms with E-state index in [-0.39, 0.29) is 24.6 Å². The number of aliphatic hydroxyl groups is 1. The fourth-order valence-corrected chi connectivity index (χ4v) is 3.90. The summed E-state index contributed by atoms with van der Waals surface area (Å²) in [5.41, 5.74) is 0.930. The van der Waals surface area contributed by atoms with Gasteiger partial charge in [0.2, 0.25) is 5.95 Å². The van der Waals surface area contributed by atoms with Gasteiger partial charge < -0.3 is 14.6 Å². The molecule has 1 aliphatic heterocycles. The number of aromatic nitrogens is 4.